The first kappa shape index (κ1) is 21.7. The fraction of sp³-hybridized carbons (Fsp3) is 0.167. The van der Waals surface area contributed by atoms with Gasteiger partial charge in [-0.3, -0.25) is 4.79 Å². The number of nitrogens with one attached hydrogen (secondary N) is 1. The Kier molecular flexibility index (Phi) is 7.11. The van der Waals surface area contributed by atoms with Gasteiger partial charge >= 0.3 is 5.97 Å². The Bertz CT molecular complexity index is 1060. The van der Waals surface area contributed by atoms with Crippen LogP contribution in [0.5, 0.6) is 23.0 Å². The van der Waals surface area contributed by atoms with Gasteiger partial charge in [-0.25, -0.2) is 4.79 Å². The van der Waals surface area contributed by atoms with Crippen LogP contribution in [0, 0.1) is 0 Å². The van der Waals surface area contributed by atoms with E-state index in [1.807, 2.05) is 6.07 Å². The van der Waals surface area contributed by atoms with Crippen molar-refractivity contribution in [1.82, 2.24) is 0 Å². The van der Waals surface area contributed by atoms with Gasteiger partial charge in [-0.1, -0.05) is 18.2 Å². The first-order chi connectivity index (χ1) is 15.0. The predicted molar refractivity (Wildman–Crippen MR) is 116 cm³/mol. The summed E-state index contributed by atoms with van der Waals surface area (Å²) >= 11 is 0. The molecule has 31 heavy (non-hydrogen) atoms. The van der Waals surface area contributed by atoms with Gasteiger partial charge in [0.25, 0.3) is 5.91 Å². The summed E-state index contributed by atoms with van der Waals surface area (Å²) < 4.78 is 21.7. The lowest BCUT2D eigenvalue weighted by molar-refractivity contribution is 0.0526. The molecule has 3 rings (SSSR count). The van der Waals surface area contributed by atoms with Gasteiger partial charge in [-0.2, -0.15) is 0 Å². The highest BCUT2D eigenvalue weighted by Crippen LogP contribution is 2.38. The highest BCUT2D eigenvalue weighted by molar-refractivity contribution is 6.05. The number of carbonyl (C=O) groups is 2. The minimum absolute atomic E-state index is 0.242. The van der Waals surface area contributed by atoms with E-state index in [2.05, 4.69) is 5.32 Å². The van der Waals surface area contributed by atoms with Crippen molar-refractivity contribution in [2.45, 2.75) is 6.92 Å². The maximum absolute atomic E-state index is 12.7. The van der Waals surface area contributed by atoms with Crippen molar-refractivity contribution in [2.24, 2.45) is 0 Å². The van der Waals surface area contributed by atoms with Crippen LogP contribution in [-0.2, 0) is 4.74 Å². The normalized spacial score (nSPS) is 10.2. The average Bonchev–Trinajstić information content (AvgIpc) is 2.81. The maximum atomic E-state index is 12.7. The van der Waals surface area contributed by atoms with Crippen molar-refractivity contribution < 1.29 is 28.5 Å². The molecule has 0 bridgehead atoms. The molecule has 0 atom stereocenters. The second kappa shape index (κ2) is 10.2. The molecule has 3 aromatic rings. The van der Waals surface area contributed by atoms with Gasteiger partial charge in [0.1, 0.15) is 5.75 Å². The molecule has 0 heterocycles. The lowest BCUT2D eigenvalue weighted by Crippen LogP contribution is -2.13. The van der Waals surface area contributed by atoms with Gasteiger partial charge in [0.2, 0.25) is 0 Å². The monoisotopic (exact) mass is 421 g/mol. The summed E-state index contributed by atoms with van der Waals surface area (Å²) in [5.74, 6) is 0.983. The number of esters is 1. The molecule has 3 aromatic carbocycles. The Labute approximate surface area is 180 Å². The summed E-state index contributed by atoms with van der Waals surface area (Å²) in [5.41, 5.74) is 1.08. The molecule has 160 valence electrons. The van der Waals surface area contributed by atoms with Crippen LogP contribution in [0.4, 0.5) is 5.69 Å². The molecule has 0 saturated carbocycles. The van der Waals surface area contributed by atoms with Crippen LogP contribution in [0.2, 0.25) is 0 Å². The summed E-state index contributed by atoms with van der Waals surface area (Å²) in [7, 11) is 3.07. The van der Waals surface area contributed by atoms with Crippen LogP contribution in [0.3, 0.4) is 0 Å². The van der Waals surface area contributed by atoms with Gasteiger partial charge in [0.05, 0.1) is 32.1 Å². The summed E-state index contributed by atoms with van der Waals surface area (Å²) in [5, 5.41) is 2.81. The first-order valence-corrected chi connectivity index (χ1v) is 9.63. The molecule has 1 amide bonds. The number of carbonyl (C=O) groups excluding carboxylic acids is 2. The molecular weight excluding hydrogens is 398 g/mol. The van der Waals surface area contributed by atoms with E-state index in [-0.39, 0.29) is 12.5 Å². The van der Waals surface area contributed by atoms with E-state index in [0.29, 0.717) is 39.8 Å². The molecule has 7 nitrogen and oxygen atoms in total. The molecule has 0 aliphatic carbocycles. The summed E-state index contributed by atoms with van der Waals surface area (Å²) in [4.78, 5) is 24.9. The Balaban J connectivity index is 1.97. The fourth-order valence-electron chi connectivity index (χ4n) is 2.82. The summed E-state index contributed by atoms with van der Waals surface area (Å²) in [6.07, 6.45) is 0. The van der Waals surface area contributed by atoms with E-state index in [1.165, 1.54) is 13.2 Å². The number of hydrogen-bond acceptors (Lipinski definition) is 6. The van der Waals surface area contributed by atoms with E-state index in [9.17, 15) is 9.59 Å². The number of rotatable bonds is 8. The van der Waals surface area contributed by atoms with Gasteiger partial charge in [-0.05, 0) is 49.4 Å². The Morgan fingerprint density at radius 2 is 1.55 bits per heavy atom. The highest BCUT2D eigenvalue weighted by atomic mass is 16.5. The van der Waals surface area contributed by atoms with Crippen molar-refractivity contribution in [1.29, 1.82) is 0 Å². The zero-order valence-electron chi connectivity index (χ0n) is 17.5. The van der Waals surface area contributed by atoms with Crippen molar-refractivity contribution in [3.63, 3.8) is 0 Å². The molecule has 7 heteroatoms. The zero-order valence-corrected chi connectivity index (χ0v) is 17.5. The predicted octanol–water partition coefficient (Wildman–Crippen LogP) is 4.93. The minimum atomic E-state index is -0.494. The van der Waals surface area contributed by atoms with Crippen molar-refractivity contribution in [3.05, 3.63) is 77.9 Å². The van der Waals surface area contributed by atoms with Crippen molar-refractivity contribution in [2.75, 3.05) is 26.1 Å². The van der Waals surface area contributed by atoms with Crippen molar-refractivity contribution >= 4 is 17.6 Å². The van der Waals surface area contributed by atoms with Crippen LogP contribution in [0.25, 0.3) is 0 Å². The lowest BCUT2D eigenvalue weighted by Gasteiger charge is -2.16. The second-order valence-electron chi connectivity index (χ2n) is 6.37. The molecule has 0 unspecified atom stereocenters. The molecular formula is C24H23NO6. The van der Waals surface area contributed by atoms with Gasteiger partial charge < -0.3 is 24.3 Å². The van der Waals surface area contributed by atoms with Crippen LogP contribution in [0.15, 0.2) is 66.7 Å². The van der Waals surface area contributed by atoms with Gasteiger partial charge in [0.15, 0.2) is 17.2 Å². The van der Waals surface area contributed by atoms with Crippen LogP contribution >= 0.6 is 0 Å². The number of anilines is 1. The van der Waals surface area contributed by atoms with Gasteiger partial charge in [-0.15, -0.1) is 0 Å². The molecule has 0 aliphatic heterocycles. The highest BCUT2D eigenvalue weighted by Gasteiger charge is 2.17. The maximum Gasteiger partial charge on any atom is 0.338 e. The largest absolute Gasteiger partial charge is 0.497 e. The third-order valence-electron chi connectivity index (χ3n) is 4.37. The number of benzene rings is 3. The van der Waals surface area contributed by atoms with Crippen LogP contribution in [0.1, 0.15) is 27.6 Å². The Morgan fingerprint density at radius 3 is 2.23 bits per heavy atom. The number of hydrogen-bond donors (Lipinski definition) is 1. The summed E-state index contributed by atoms with van der Waals surface area (Å²) in [6, 6.07) is 18.5. The average molecular weight is 421 g/mol. The second-order valence-corrected chi connectivity index (χ2v) is 6.37. The van der Waals surface area contributed by atoms with E-state index in [4.69, 9.17) is 18.9 Å². The molecule has 0 spiro atoms. The van der Waals surface area contributed by atoms with Crippen LogP contribution < -0.4 is 19.5 Å². The van der Waals surface area contributed by atoms with E-state index in [1.54, 1.807) is 68.6 Å². The lowest BCUT2D eigenvalue weighted by atomic mass is 10.1. The fourth-order valence-corrected chi connectivity index (χ4v) is 2.82. The summed E-state index contributed by atoms with van der Waals surface area (Å²) in [6.45, 7) is 1.97. The minimum Gasteiger partial charge on any atom is -0.497 e. The van der Waals surface area contributed by atoms with Crippen LogP contribution in [-0.4, -0.2) is 32.7 Å². The van der Waals surface area contributed by atoms with E-state index in [0.717, 1.165) is 0 Å². The third-order valence-corrected chi connectivity index (χ3v) is 4.37. The van der Waals surface area contributed by atoms with E-state index < -0.39 is 5.97 Å². The molecule has 0 radical (unpaired) electrons. The standard InChI is InChI=1S/C24H23NO6/c1-4-30-24(27)17-10-12-20(31-21-13-11-18(28-2)15-22(21)29-3)19(14-17)25-23(26)16-8-6-5-7-9-16/h5-15H,4H2,1-3H3,(H,25,26). The molecule has 0 saturated heterocycles. The number of ether oxygens (including phenoxy) is 4. The smallest absolute Gasteiger partial charge is 0.338 e. The number of amides is 1. The van der Waals surface area contributed by atoms with Gasteiger partial charge in [0, 0.05) is 11.6 Å². The topological polar surface area (TPSA) is 83.1 Å². The number of methoxy groups -OCH3 is 2. The molecule has 0 aliphatic rings. The molecule has 0 aromatic heterocycles. The molecule has 1 N–H and O–H groups in total. The Morgan fingerprint density at radius 1 is 0.806 bits per heavy atom. The quantitative estimate of drug-likeness (QED) is 0.520. The third kappa shape index (κ3) is 5.33. The van der Waals surface area contributed by atoms with Crippen molar-refractivity contribution in [3.8, 4) is 23.0 Å². The molecule has 0 fully saturated rings. The zero-order chi connectivity index (χ0) is 22.2. The Hall–Kier alpha value is -4.00. The SMILES string of the molecule is CCOC(=O)c1ccc(Oc2ccc(OC)cc2OC)c(NC(=O)c2ccccc2)c1. The first-order valence-electron chi connectivity index (χ1n) is 9.63. The van der Waals surface area contributed by atoms with E-state index >= 15 is 0 Å².